The number of carboxylic acids is 1. The van der Waals surface area contributed by atoms with Crippen LogP contribution in [0.4, 0.5) is 0 Å². The predicted molar refractivity (Wildman–Crippen MR) is 81.8 cm³/mol. The Morgan fingerprint density at radius 1 is 1.29 bits per heavy atom. The van der Waals surface area contributed by atoms with Crippen LogP contribution in [0, 0.1) is 0 Å². The van der Waals surface area contributed by atoms with Crippen molar-refractivity contribution in [2.24, 2.45) is 0 Å². The molecule has 1 heterocycles. The molecule has 1 amide bonds. The van der Waals surface area contributed by atoms with Crippen LogP contribution < -0.4 is 0 Å². The molecule has 1 aliphatic heterocycles. The van der Waals surface area contributed by atoms with Gasteiger partial charge in [-0.2, -0.15) is 0 Å². The minimum atomic E-state index is -0.912. The molecule has 0 bridgehead atoms. The number of hydrogen-bond acceptors (Lipinski definition) is 2. The summed E-state index contributed by atoms with van der Waals surface area (Å²) in [4.78, 5) is 24.6. The third-order valence-electron chi connectivity index (χ3n) is 3.70. The normalized spacial score (nSPS) is 18.0. The quantitative estimate of drug-likeness (QED) is 0.900. The van der Waals surface area contributed by atoms with Gasteiger partial charge in [-0.05, 0) is 43.4 Å². The molecule has 1 aromatic carbocycles. The Balaban J connectivity index is 1.84. The van der Waals surface area contributed by atoms with E-state index in [1.165, 1.54) is 4.90 Å². The molecule has 21 heavy (non-hydrogen) atoms. The number of halogens is 2. The van der Waals surface area contributed by atoms with E-state index < -0.39 is 12.0 Å². The lowest BCUT2D eigenvalue weighted by atomic mass is 10.1. The fourth-order valence-corrected chi connectivity index (χ4v) is 2.93. The summed E-state index contributed by atoms with van der Waals surface area (Å²) in [6.45, 7) is 0.544. The van der Waals surface area contributed by atoms with Crippen molar-refractivity contribution in [3.05, 3.63) is 33.8 Å². The Morgan fingerprint density at radius 3 is 2.71 bits per heavy atom. The van der Waals surface area contributed by atoms with Gasteiger partial charge in [-0.1, -0.05) is 29.3 Å². The monoisotopic (exact) mass is 329 g/mol. The number of likely N-dealkylation sites (tertiary alicyclic amines) is 1. The number of aryl methyl sites for hydroxylation is 1. The van der Waals surface area contributed by atoms with E-state index in [4.69, 9.17) is 28.3 Å². The summed E-state index contributed by atoms with van der Waals surface area (Å²) < 4.78 is 0. The molecule has 1 aromatic rings. The Kier molecular flexibility index (Phi) is 5.48. The van der Waals surface area contributed by atoms with Crippen LogP contribution in [0.2, 0.25) is 10.0 Å². The van der Waals surface area contributed by atoms with Gasteiger partial charge in [-0.25, -0.2) is 4.79 Å². The van der Waals surface area contributed by atoms with Crippen LogP contribution in [-0.2, 0) is 16.0 Å². The molecule has 1 fully saturated rings. The van der Waals surface area contributed by atoms with E-state index in [1.807, 2.05) is 6.07 Å². The average molecular weight is 330 g/mol. The number of rotatable bonds is 5. The van der Waals surface area contributed by atoms with Crippen molar-refractivity contribution in [2.75, 3.05) is 6.54 Å². The van der Waals surface area contributed by atoms with E-state index >= 15 is 0 Å². The smallest absolute Gasteiger partial charge is 0.326 e. The zero-order valence-corrected chi connectivity index (χ0v) is 13.0. The van der Waals surface area contributed by atoms with Gasteiger partial charge in [-0.3, -0.25) is 4.79 Å². The highest BCUT2D eigenvalue weighted by Gasteiger charge is 2.33. The van der Waals surface area contributed by atoms with Crippen LogP contribution in [0.5, 0.6) is 0 Å². The van der Waals surface area contributed by atoms with Crippen molar-refractivity contribution in [3.8, 4) is 0 Å². The lowest BCUT2D eigenvalue weighted by Gasteiger charge is -2.21. The molecule has 0 spiro atoms. The van der Waals surface area contributed by atoms with E-state index in [-0.39, 0.29) is 5.91 Å². The van der Waals surface area contributed by atoms with Gasteiger partial charge in [0, 0.05) is 13.0 Å². The maximum atomic E-state index is 12.1. The molecule has 0 aromatic heterocycles. The van der Waals surface area contributed by atoms with Crippen LogP contribution in [-0.4, -0.2) is 34.5 Å². The SMILES string of the molecule is O=C(O)C1CCCN1C(=O)CCCc1ccc(Cl)c(Cl)c1. The maximum Gasteiger partial charge on any atom is 0.326 e. The molecule has 0 aliphatic carbocycles. The molecule has 6 heteroatoms. The molecular formula is C15H17Cl2NO3. The van der Waals surface area contributed by atoms with Gasteiger partial charge in [0.25, 0.3) is 0 Å². The molecule has 1 unspecified atom stereocenters. The van der Waals surface area contributed by atoms with Gasteiger partial charge in [0.2, 0.25) is 5.91 Å². The predicted octanol–water partition coefficient (Wildman–Crippen LogP) is 3.39. The second-order valence-electron chi connectivity index (χ2n) is 5.19. The number of hydrogen-bond donors (Lipinski definition) is 1. The van der Waals surface area contributed by atoms with E-state index in [0.717, 1.165) is 12.0 Å². The molecule has 0 radical (unpaired) electrons. The van der Waals surface area contributed by atoms with Crippen molar-refractivity contribution >= 4 is 35.1 Å². The topological polar surface area (TPSA) is 57.6 Å². The fraction of sp³-hybridized carbons (Fsp3) is 0.467. The number of nitrogens with zero attached hydrogens (tertiary/aromatic N) is 1. The zero-order chi connectivity index (χ0) is 15.4. The first-order valence-corrected chi connectivity index (χ1v) is 7.71. The number of benzene rings is 1. The van der Waals surface area contributed by atoms with Gasteiger partial charge in [0.15, 0.2) is 0 Å². The summed E-state index contributed by atoms with van der Waals surface area (Å²) >= 11 is 11.8. The first-order valence-electron chi connectivity index (χ1n) is 6.95. The first kappa shape index (κ1) is 16.1. The summed E-state index contributed by atoms with van der Waals surface area (Å²) in [5, 5.41) is 10.1. The molecule has 1 atom stereocenters. The molecule has 1 aliphatic rings. The minimum Gasteiger partial charge on any atom is -0.480 e. The van der Waals surface area contributed by atoms with Crippen LogP contribution in [0.3, 0.4) is 0 Å². The summed E-state index contributed by atoms with van der Waals surface area (Å²) in [7, 11) is 0. The number of aliphatic carboxylic acids is 1. The van der Waals surface area contributed by atoms with E-state index in [9.17, 15) is 9.59 Å². The zero-order valence-electron chi connectivity index (χ0n) is 11.5. The van der Waals surface area contributed by atoms with Crippen molar-refractivity contribution < 1.29 is 14.7 Å². The van der Waals surface area contributed by atoms with Crippen LogP contribution in [0.15, 0.2) is 18.2 Å². The van der Waals surface area contributed by atoms with E-state index in [1.54, 1.807) is 12.1 Å². The molecule has 4 nitrogen and oxygen atoms in total. The molecule has 0 saturated carbocycles. The number of amides is 1. The lowest BCUT2D eigenvalue weighted by molar-refractivity contribution is -0.148. The minimum absolute atomic E-state index is 0.0834. The van der Waals surface area contributed by atoms with Gasteiger partial charge in [-0.15, -0.1) is 0 Å². The summed E-state index contributed by atoms with van der Waals surface area (Å²) in [6, 6.07) is 4.77. The largest absolute Gasteiger partial charge is 0.480 e. The second kappa shape index (κ2) is 7.14. The van der Waals surface area contributed by atoms with Crippen molar-refractivity contribution in [1.29, 1.82) is 0 Å². The van der Waals surface area contributed by atoms with Crippen LogP contribution in [0.1, 0.15) is 31.2 Å². The maximum absolute atomic E-state index is 12.1. The Morgan fingerprint density at radius 2 is 2.05 bits per heavy atom. The number of carboxylic acid groups (broad SMARTS) is 1. The standard InChI is InChI=1S/C15H17Cl2NO3/c16-11-7-6-10(9-12(11)17)3-1-5-14(19)18-8-2-4-13(18)15(20)21/h6-7,9,13H,1-5,8H2,(H,20,21). The van der Waals surface area contributed by atoms with Gasteiger partial charge >= 0.3 is 5.97 Å². The number of carbonyl (C=O) groups excluding carboxylic acids is 1. The lowest BCUT2D eigenvalue weighted by Crippen LogP contribution is -2.40. The molecule has 2 rings (SSSR count). The Labute approximate surface area is 133 Å². The second-order valence-corrected chi connectivity index (χ2v) is 6.00. The van der Waals surface area contributed by atoms with Gasteiger partial charge in [0.05, 0.1) is 10.0 Å². The number of carbonyl (C=O) groups is 2. The van der Waals surface area contributed by atoms with Gasteiger partial charge in [0.1, 0.15) is 6.04 Å². The molecular weight excluding hydrogens is 313 g/mol. The molecule has 1 saturated heterocycles. The highest BCUT2D eigenvalue weighted by atomic mass is 35.5. The fourth-order valence-electron chi connectivity index (χ4n) is 2.60. The molecule has 114 valence electrons. The van der Waals surface area contributed by atoms with Crippen molar-refractivity contribution in [3.63, 3.8) is 0 Å². The van der Waals surface area contributed by atoms with E-state index in [0.29, 0.717) is 42.3 Å². The third kappa shape index (κ3) is 4.11. The van der Waals surface area contributed by atoms with Crippen molar-refractivity contribution in [2.45, 2.75) is 38.1 Å². The summed E-state index contributed by atoms with van der Waals surface area (Å²) in [5.74, 6) is -0.995. The van der Waals surface area contributed by atoms with Crippen LogP contribution >= 0.6 is 23.2 Å². The average Bonchev–Trinajstić information content (AvgIpc) is 2.92. The van der Waals surface area contributed by atoms with Crippen LogP contribution in [0.25, 0.3) is 0 Å². The van der Waals surface area contributed by atoms with Crippen molar-refractivity contribution in [1.82, 2.24) is 4.90 Å². The Hall–Kier alpha value is -1.26. The van der Waals surface area contributed by atoms with E-state index in [2.05, 4.69) is 0 Å². The first-order chi connectivity index (χ1) is 9.99. The Bertz CT molecular complexity index is 548. The molecule has 1 N–H and O–H groups in total. The highest BCUT2D eigenvalue weighted by molar-refractivity contribution is 6.42. The highest BCUT2D eigenvalue weighted by Crippen LogP contribution is 2.24. The summed E-state index contributed by atoms with van der Waals surface area (Å²) in [5.41, 5.74) is 1.02. The summed E-state index contributed by atoms with van der Waals surface area (Å²) in [6.07, 6.45) is 3.04. The van der Waals surface area contributed by atoms with Gasteiger partial charge < -0.3 is 10.0 Å². The third-order valence-corrected chi connectivity index (χ3v) is 4.44.